The van der Waals surface area contributed by atoms with Crippen LogP contribution >= 0.6 is 0 Å². The first-order valence-electron chi connectivity index (χ1n) is 0.928. The Hall–Kier alpha value is 5.96. The quantitative estimate of drug-likeness (QED) is 0.500. The zero-order valence-electron chi connectivity index (χ0n) is 8.67. The molecule has 0 atom stereocenters. The third kappa shape index (κ3) is 87.5. The summed E-state index contributed by atoms with van der Waals surface area (Å²) in [6.45, 7) is 1.08. The van der Waals surface area contributed by atoms with Gasteiger partial charge < -0.3 is 5.11 Å². The van der Waals surface area contributed by atoms with Crippen LogP contribution in [0.4, 0.5) is 0 Å². The van der Waals surface area contributed by atoms with Gasteiger partial charge in [-0.15, -0.1) is 0 Å². The van der Waals surface area contributed by atoms with Gasteiger partial charge in [-0.05, 0) is 0 Å². The van der Waals surface area contributed by atoms with E-state index in [-0.39, 0.29) is 194 Å². The molecule has 0 aromatic carbocycles. The summed E-state index contributed by atoms with van der Waals surface area (Å²) in [7, 11) is 0. The maximum atomic E-state index is 9.00. The predicted molar refractivity (Wildman–Crippen MR) is 47.8 cm³/mol. The number of carboxylic acids is 1. The van der Waals surface area contributed by atoms with Gasteiger partial charge in [0, 0.05) is 201 Å². The van der Waals surface area contributed by atoms with Crippen LogP contribution in [0.1, 0.15) is 6.92 Å². The Balaban J connectivity index is -0.00000000214. The standard InChI is InChI=1S/C2H4O2.6Na.Ni/c1-2(3)4;;;;;;;/h1H3,(H,3,4);;;;;;;. The molecule has 0 spiro atoms. The first-order valence-corrected chi connectivity index (χ1v) is 0.928. The third-order valence-electron chi connectivity index (χ3n) is 0. The molecule has 0 aliphatic carbocycles. The van der Waals surface area contributed by atoms with Gasteiger partial charge in [0.05, 0.1) is 0 Å². The Kier molecular flexibility index (Phi) is 218. The van der Waals surface area contributed by atoms with Gasteiger partial charge in [-0.3, -0.25) is 4.79 Å². The van der Waals surface area contributed by atoms with Gasteiger partial charge in [0.2, 0.25) is 0 Å². The second kappa shape index (κ2) is 44.5. The zero-order valence-corrected chi connectivity index (χ0v) is 21.7. The summed E-state index contributed by atoms with van der Waals surface area (Å²) >= 11 is 0. The van der Waals surface area contributed by atoms with Crippen LogP contribution in [0.5, 0.6) is 0 Å². The van der Waals surface area contributed by atoms with Crippen molar-refractivity contribution in [3.63, 3.8) is 0 Å². The van der Waals surface area contributed by atoms with E-state index in [4.69, 9.17) is 9.90 Å². The molecule has 0 aromatic heterocycles. The SMILES string of the molecule is CC(=O)O.[Na].[Na].[Na].[Na].[Na].[Na].[Ni]. The smallest absolute Gasteiger partial charge is 0.300 e. The van der Waals surface area contributed by atoms with E-state index < -0.39 is 5.97 Å². The number of carbonyl (C=O) groups is 1. The molecule has 9 heteroatoms. The molecule has 0 heterocycles. The number of carboxylic acid groups (broad SMARTS) is 1. The van der Waals surface area contributed by atoms with E-state index >= 15 is 0 Å². The maximum absolute atomic E-state index is 9.00. The van der Waals surface area contributed by atoms with Crippen molar-refractivity contribution in [1.82, 2.24) is 0 Å². The third-order valence-corrected chi connectivity index (χ3v) is 0. The normalized spacial score (nSPS) is 2.27. The molecular weight excluding hydrogens is 253 g/mol. The second-order valence-electron chi connectivity index (χ2n) is 0.519. The predicted octanol–water partition coefficient (Wildman–Crippen LogP) is -2.20. The minimum absolute atomic E-state index is 0. The summed E-state index contributed by atoms with van der Waals surface area (Å²) < 4.78 is 0. The second-order valence-corrected chi connectivity index (χ2v) is 0.519. The summed E-state index contributed by atoms with van der Waals surface area (Å²) in [5, 5.41) is 7.42. The number of hydrogen-bond donors (Lipinski definition) is 1. The van der Waals surface area contributed by atoms with Crippen molar-refractivity contribution in [2.75, 3.05) is 0 Å². The zero-order chi connectivity index (χ0) is 3.58. The molecule has 6 radical (unpaired) electrons. The molecule has 40 valence electrons. The minimum Gasteiger partial charge on any atom is -0.481 e. The molecule has 11 heavy (non-hydrogen) atoms. The van der Waals surface area contributed by atoms with Crippen molar-refractivity contribution in [1.29, 1.82) is 0 Å². The van der Waals surface area contributed by atoms with E-state index in [2.05, 4.69) is 0 Å². The van der Waals surface area contributed by atoms with Crippen LogP contribution in [0.2, 0.25) is 0 Å². The molecule has 0 aliphatic heterocycles. The molecule has 0 aliphatic rings. The fourth-order valence-corrected chi connectivity index (χ4v) is 0. The largest absolute Gasteiger partial charge is 0.481 e. The summed E-state index contributed by atoms with van der Waals surface area (Å²) in [4.78, 5) is 9.00. The Morgan fingerprint density at radius 3 is 0.909 bits per heavy atom. The van der Waals surface area contributed by atoms with Crippen molar-refractivity contribution in [2.24, 2.45) is 0 Å². The van der Waals surface area contributed by atoms with Crippen LogP contribution in [0.25, 0.3) is 0 Å². The van der Waals surface area contributed by atoms with Gasteiger partial charge in [0.1, 0.15) is 0 Å². The minimum atomic E-state index is -0.833. The number of hydrogen-bond acceptors (Lipinski definition) is 1. The molecule has 0 unspecified atom stereocenters. The molecule has 0 amide bonds. The van der Waals surface area contributed by atoms with Gasteiger partial charge >= 0.3 is 0 Å². The summed E-state index contributed by atoms with van der Waals surface area (Å²) in [5.41, 5.74) is 0. The van der Waals surface area contributed by atoms with Crippen LogP contribution in [0.15, 0.2) is 0 Å². The van der Waals surface area contributed by atoms with Crippen molar-refractivity contribution in [3.8, 4) is 0 Å². The molecule has 0 aromatic rings. The van der Waals surface area contributed by atoms with Crippen LogP contribution in [-0.2, 0) is 21.3 Å². The topological polar surface area (TPSA) is 37.3 Å². The Morgan fingerprint density at radius 2 is 0.909 bits per heavy atom. The molecule has 0 bridgehead atoms. The molecule has 0 saturated heterocycles. The first kappa shape index (κ1) is 53.8. The van der Waals surface area contributed by atoms with E-state index in [1.54, 1.807) is 0 Å². The Labute approximate surface area is 211 Å². The molecule has 1 N–H and O–H groups in total. The van der Waals surface area contributed by atoms with Crippen molar-refractivity contribution in [2.45, 2.75) is 6.92 Å². The first-order chi connectivity index (χ1) is 1.73. The number of aliphatic carboxylic acids is 1. The van der Waals surface area contributed by atoms with Crippen molar-refractivity contribution < 1.29 is 26.4 Å². The fraction of sp³-hybridized carbons (Fsp3) is 0.500. The van der Waals surface area contributed by atoms with E-state index in [1.807, 2.05) is 0 Å². The van der Waals surface area contributed by atoms with Gasteiger partial charge in [0.25, 0.3) is 5.97 Å². The Morgan fingerprint density at radius 1 is 0.909 bits per heavy atom. The van der Waals surface area contributed by atoms with Gasteiger partial charge in [0.15, 0.2) is 0 Å². The molecule has 0 rings (SSSR count). The van der Waals surface area contributed by atoms with E-state index in [0.29, 0.717) is 0 Å². The average molecular weight is 257 g/mol. The van der Waals surface area contributed by atoms with Crippen LogP contribution in [0, 0.1) is 0 Å². The van der Waals surface area contributed by atoms with Gasteiger partial charge in [-0.25, -0.2) is 0 Å². The molecule has 2 nitrogen and oxygen atoms in total. The Bertz CT molecular complexity index is 41.6. The van der Waals surface area contributed by atoms with E-state index in [9.17, 15) is 0 Å². The summed E-state index contributed by atoms with van der Waals surface area (Å²) in [6, 6.07) is 0. The van der Waals surface area contributed by atoms with Crippen molar-refractivity contribution in [3.05, 3.63) is 0 Å². The van der Waals surface area contributed by atoms with Gasteiger partial charge in [-0.1, -0.05) is 0 Å². The molecule has 0 saturated carbocycles. The summed E-state index contributed by atoms with van der Waals surface area (Å²) in [5.74, 6) is -0.833. The molecule has 0 fully saturated rings. The van der Waals surface area contributed by atoms with Gasteiger partial charge in [-0.2, -0.15) is 0 Å². The van der Waals surface area contributed by atoms with Crippen LogP contribution in [-0.4, -0.2) is 188 Å². The number of rotatable bonds is 0. The van der Waals surface area contributed by atoms with Crippen molar-refractivity contribution >= 4 is 183 Å². The monoisotopic (exact) mass is 256 g/mol. The van der Waals surface area contributed by atoms with Crippen LogP contribution < -0.4 is 0 Å². The van der Waals surface area contributed by atoms with E-state index in [1.165, 1.54) is 0 Å². The fourth-order valence-electron chi connectivity index (χ4n) is 0. The van der Waals surface area contributed by atoms with Crippen LogP contribution in [0.3, 0.4) is 0 Å². The summed E-state index contributed by atoms with van der Waals surface area (Å²) in [6.07, 6.45) is 0. The molecular formula is C2H4Na6NiO2. The van der Waals surface area contributed by atoms with E-state index in [0.717, 1.165) is 6.92 Å². The average Bonchev–Trinajstić information content (AvgIpc) is 0.811. The maximum Gasteiger partial charge on any atom is 0.300 e.